The molecule has 3 heterocycles. The van der Waals surface area contributed by atoms with Crippen LogP contribution in [0.15, 0.2) is 29.2 Å². The van der Waals surface area contributed by atoms with Gasteiger partial charge in [-0.05, 0) is 43.7 Å². The fourth-order valence-electron chi connectivity index (χ4n) is 4.35. The smallest absolute Gasteiger partial charge is 0.348 e. The van der Waals surface area contributed by atoms with Crippen LogP contribution in [0, 0.1) is 16.0 Å². The van der Waals surface area contributed by atoms with E-state index < -0.39 is 16.2 Å². The van der Waals surface area contributed by atoms with Gasteiger partial charge in [0.25, 0.3) is 0 Å². The van der Waals surface area contributed by atoms with Crippen LogP contribution in [0.4, 0.5) is 11.5 Å². The van der Waals surface area contributed by atoms with Gasteiger partial charge in [-0.2, -0.15) is 0 Å². The average molecular weight is 371 g/mol. The number of nitro groups is 1. The van der Waals surface area contributed by atoms with Crippen molar-refractivity contribution in [3.05, 3.63) is 44.9 Å². The molecule has 27 heavy (non-hydrogen) atoms. The molecular weight excluding hydrogens is 346 g/mol. The van der Waals surface area contributed by atoms with Gasteiger partial charge in [-0.25, -0.2) is 4.98 Å². The molecule has 2 fully saturated rings. The Balaban J connectivity index is 1.57. The van der Waals surface area contributed by atoms with Crippen LogP contribution in [-0.4, -0.2) is 51.4 Å². The van der Waals surface area contributed by atoms with E-state index in [0.717, 1.165) is 19.0 Å². The second-order valence-corrected chi connectivity index (χ2v) is 7.71. The highest BCUT2D eigenvalue weighted by Crippen LogP contribution is 2.29. The van der Waals surface area contributed by atoms with Crippen LogP contribution >= 0.6 is 0 Å². The summed E-state index contributed by atoms with van der Waals surface area (Å²) >= 11 is 0. The molecule has 2 aromatic heterocycles. The molecule has 1 saturated heterocycles. The topological polar surface area (TPSA) is 84.0 Å². The van der Waals surface area contributed by atoms with Gasteiger partial charge in [-0.15, -0.1) is 0 Å². The Morgan fingerprint density at radius 1 is 1.11 bits per heavy atom. The fourth-order valence-corrected chi connectivity index (χ4v) is 4.35. The van der Waals surface area contributed by atoms with Gasteiger partial charge in [-0.1, -0.05) is 13.0 Å². The van der Waals surface area contributed by atoms with Crippen LogP contribution in [0.2, 0.25) is 0 Å². The minimum Gasteiger partial charge on any atom is -0.348 e. The van der Waals surface area contributed by atoms with Gasteiger partial charge in [-0.3, -0.25) is 24.2 Å². The summed E-state index contributed by atoms with van der Waals surface area (Å²) in [4.78, 5) is 32.5. The van der Waals surface area contributed by atoms with Crippen LogP contribution < -0.4 is 10.5 Å². The highest BCUT2D eigenvalue weighted by molar-refractivity contribution is 5.61. The number of fused-ring (bicyclic) bond motifs is 1. The van der Waals surface area contributed by atoms with E-state index in [1.54, 1.807) is 18.2 Å². The second-order valence-electron chi connectivity index (χ2n) is 7.71. The minimum absolute atomic E-state index is 0.202. The third-order valence-electron chi connectivity index (χ3n) is 5.99. The number of anilines is 1. The number of hydrogen-bond donors (Lipinski definition) is 0. The third-order valence-corrected chi connectivity index (χ3v) is 5.99. The zero-order valence-electron chi connectivity index (χ0n) is 15.6. The van der Waals surface area contributed by atoms with Crippen molar-refractivity contribution in [2.45, 2.75) is 38.6 Å². The van der Waals surface area contributed by atoms with Gasteiger partial charge in [0.15, 0.2) is 0 Å². The highest BCUT2D eigenvalue weighted by Gasteiger charge is 2.32. The van der Waals surface area contributed by atoms with Crippen LogP contribution in [0.5, 0.6) is 0 Å². The molecule has 0 N–H and O–H groups in total. The fraction of sp³-hybridized carbons (Fsp3) is 0.579. The third kappa shape index (κ3) is 3.41. The van der Waals surface area contributed by atoms with E-state index in [1.165, 1.54) is 36.3 Å². The summed E-state index contributed by atoms with van der Waals surface area (Å²) in [6, 6.07) is 5.77. The largest absolute Gasteiger partial charge is 0.376 e. The lowest BCUT2D eigenvalue weighted by Gasteiger charge is -2.41. The normalized spacial score (nSPS) is 24.3. The lowest BCUT2D eigenvalue weighted by Crippen LogP contribution is -2.51. The molecule has 8 heteroatoms. The first-order valence-corrected chi connectivity index (χ1v) is 9.69. The number of nitrogens with zero attached hydrogens (tertiary/aromatic N) is 5. The lowest BCUT2D eigenvalue weighted by molar-refractivity contribution is -0.385. The molecule has 0 unspecified atom stereocenters. The Morgan fingerprint density at radius 3 is 2.48 bits per heavy atom. The Labute approximate surface area is 157 Å². The van der Waals surface area contributed by atoms with E-state index >= 15 is 0 Å². The Hall–Kier alpha value is -2.48. The first-order chi connectivity index (χ1) is 13.0. The Bertz CT molecular complexity index is 896. The van der Waals surface area contributed by atoms with Crippen molar-refractivity contribution in [3.63, 3.8) is 0 Å². The molecule has 0 spiro atoms. The summed E-state index contributed by atoms with van der Waals surface area (Å²) in [5.74, 6) is 1.02. The molecule has 0 aromatic carbocycles. The van der Waals surface area contributed by atoms with Gasteiger partial charge in [0.2, 0.25) is 5.82 Å². The average Bonchev–Trinajstić information content (AvgIpc) is 2.68. The molecule has 8 nitrogen and oxygen atoms in total. The summed E-state index contributed by atoms with van der Waals surface area (Å²) < 4.78 is 1.24. The van der Waals surface area contributed by atoms with Crippen molar-refractivity contribution < 1.29 is 4.92 Å². The molecule has 1 aliphatic heterocycles. The maximum Gasteiger partial charge on any atom is 0.376 e. The molecule has 144 valence electrons. The highest BCUT2D eigenvalue weighted by atomic mass is 16.6. The van der Waals surface area contributed by atoms with Crippen LogP contribution in [0.3, 0.4) is 0 Å². The first kappa shape index (κ1) is 17.9. The summed E-state index contributed by atoms with van der Waals surface area (Å²) in [5, 5.41) is 11.6. The Kier molecular flexibility index (Phi) is 4.82. The van der Waals surface area contributed by atoms with Crippen molar-refractivity contribution in [1.29, 1.82) is 0 Å². The molecule has 1 saturated carbocycles. The summed E-state index contributed by atoms with van der Waals surface area (Å²) in [7, 11) is 0. The van der Waals surface area contributed by atoms with Crippen LogP contribution in [0.25, 0.3) is 5.65 Å². The summed E-state index contributed by atoms with van der Waals surface area (Å²) in [5.41, 5.74) is -0.616. The summed E-state index contributed by atoms with van der Waals surface area (Å²) in [6.45, 7) is 5.33. The van der Waals surface area contributed by atoms with Gasteiger partial charge >= 0.3 is 11.2 Å². The SMILES string of the molecule is CC1CCC(N2CCN(c3nc4ccccn4c(=O)c3[N+](=O)[O-])CC2)CC1. The molecule has 2 aliphatic rings. The van der Waals surface area contributed by atoms with E-state index in [-0.39, 0.29) is 5.82 Å². The van der Waals surface area contributed by atoms with Crippen molar-refractivity contribution in [2.24, 2.45) is 5.92 Å². The number of rotatable bonds is 3. The molecule has 0 atom stereocenters. The molecule has 1 aliphatic carbocycles. The molecule has 0 bridgehead atoms. The van der Waals surface area contributed by atoms with Gasteiger partial charge in [0, 0.05) is 38.4 Å². The number of aromatic nitrogens is 2. The van der Waals surface area contributed by atoms with Gasteiger partial charge < -0.3 is 4.90 Å². The van der Waals surface area contributed by atoms with Crippen molar-refractivity contribution in [2.75, 3.05) is 31.1 Å². The standard InChI is InChI=1S/C19H25N5O3/c1-14-5-7-15(8-6-14)21-10-12-22(13-11-21)18-17(24(26)27)19(25)23-9-3-2-4-16(23)20-18/h2-4,9,14-15H,5-8,10-13H2,1H3. The Morgan fingerprint density at radius 2 is 1.81 bits per heavy atom. The lowest BCUT2D eigenvalue weighted by atomic mass is 9.86. The van der Waals surface area contributed by atoms with Crippen molar-refractivity contribution >= 4 is 17.2 Å². The second kappa shape index (κ2) is 7.26. The van der Waals surface area contributed by atoms with E-state index in [2.05, 4.69) is 16.8 Å². The molecule has 2 aromatic rings. The maximum absolute atomic E-state index is 12.6. The predicted molar refractivity (Wildman–Crippen MR) is 103 cm³/mol. The van der Waals surface area contributed by atoms with E-state index in [0.29, 0.717) is 24.8 Å². The summed E-state index contributed by atoms with van der Waals surface area (Å²) in [6.07, 6.45) is 6.54. The number of hydrogen-bond acceptors (Lipinski definition) is 6. The van der Waals surface area contributed by atoms with Gasteiger partial charge in [0.1, 0.15) is 5.65 Å². The van der Waals surface area contributed by atoms with E-state index in [9.17, 15) is 14.9 Å². The quantitative estimate of drug-likeness (QED) is 0.608. The zero-order valence-corrected chi connectivity index (χ0v) is 15.6. The van der Waals surface area contributed by atoms with Crippen molar-refractivity contribution in [1.82, 2.24) is 14.3 Å². The van der Waals surface area contributed by atoms with E-state index in [4.69, 9.17) is 0 Å². The first-order valence-electron chi connectivity index (χ1n) is 9.69. The zero-order chi connectivity index (χ0) is 19.0. The molecule has 0 radical (unpaired) electrons. The van der Waals surface area contributed by atoms with E-state index in [1.807, 2.05) is 4.90 Å². The minimum atomic E-state index is -0.621. The molecule has 4 rings (SSSR count). The van der Waals surface area contributed by atoms with Gasteiger partial charge in [0.05, 0.1) is 4.92 Å². The van der Waals surface area contributed by atoms with Crippen LogP contribution in [0.1, 0.15) is 32.6 Å². The van der Waals surface area contributed by atoms with Crippen LogP contribution in [-0.2, 0) is 0 Å². The number of pyridine rings is 1. The van der Waals surface area contributed by atoms with Crippen molar-refractivity contribution in [3.8, 4) is 0 Å². The molecular formula is C19H25N5O3. The number of piperazine rings is 1. The predicted octanol–water partition coefficient (Wildman–Crippen LogP) is 2.30. The maximum atomic E-state index is 12.6. The molecule has 0 amide bonds. The monoisotopic (exact) mass is 371 g/mol.